The maximum atomic E-state index is 11.5. The second kappa shape index (κ2) is 8.48. The number of phenolic OH excluding ortho intramolecular Hbond substituents is 1. The molecule has 2 rings (SSSR count). The van der Waals surface area contributed by atoms with Crippen LogP contribution in [-0.2, 0) is 11.3 Å². The van der Waals surface area contributed by atoms with Crippen molar-refractivity contribution in [2.45, 2.75) is 6.61 Å². The van der Waals surface area contributed by atoms with Crippen molar-refractivity contribution in [3.8, 4) is 11.5 Å². The summed E-state index contributed by atoms with van der Waals surface area (Å²) in [7, 11) is 1.54. The molecule has 0 spiro atoms. The third kappa shape index (κ3) is 5.39. The van der Waals surface area contributed by atoms with E-state index in [9.17, 15) is 9.90 Å². The van der Waals surface area contributed by atoms with E-state index in [1.807, 2.05) is 30.3 Å². The van der Waals surface area contributed by atoms with E-state index in [0.717, 1.165) is 5.56 Å². The first-order valence-corrected chi connectivity index (χ1v) is 7.17. The van der Waals surface area contributed by atoms with Crippen LogP contribution in [0.2, 0.25) is 0 Å². The van der Waals surface area contributed by atoms with Crippen LogP contribution in [0.4, 0.5) is 4.79 Å². The lowest BCUT2D eigenvalue weighted by atomic mass is 10.2. The molecule has 0 heterocycles. The summed E-state index contributed by atoms with van der Waals surface area (Å²) >= 11 is 0. The highest BCUT2D eigenvalue weighted by molar-refractivity contribution is 5.68. The molecule has 0 aromatic heterocycles. The summed E-state index contributed by atoms with van der Waals surface area (Å²) < 4.78 is 10.1. The number of amides is 1. The number of phenols is 1. The average Bonchev–Trinajstić information content (AvgIpc) is 2.58. The number of methoxy groups -OCH3 is 1. The lowest BCUT2D eigenvalue weighted by molar-refractivity contribution is 0.141. The van der Waals surface area contributed by atoms with Crippen LogP contribution in [0.3, 0.4) is 0 Å². The Kier molecular flexibility index (Phi) is 6.06. The Bertz CT molecular complexity index is 668. The minimum Gasteiger partial charge on any atom is -0.507 e. The first-order chi connectivity index (χ1) is 11.2. The van der Waals surface area contributed by atoms with Gasteiger partial charge in [-0.15, -0.1) is 0 Å². The molecule has 2 N–H and O–H groups in total. The van der Waals surface area contributed by atoms with Gasteiger partial charge in [-0.1, -0.05) is 42.5 Å². The molecule has 0 saturated heterocycles. The van der Waals surface area contributed by atoms with Crippen LogP contribution >= 0.6 is 0 Å². The highest BCUT2D eigenvalue weighted by Gasteiger charge is 2.01. The van der Waals surface area contributed by atoms with Crippen molar-refractivity contribution in [3.05, 3.63) is 65.7 Å². The number of rotatable bonds is 6. The van der Waals surface area contributed by atoms with Gasteiger partial charge in [0.2, 0.25) is 0 Å². The van der Waals surface area contributed by atoms with Crippen molar-refractivity contribution in [1.29, 1.82) is 0 Å². The smallest absolute Gasteiger partial charge is 0.407 e. The van der Waals surface area contributed by atoms with E-state index in [1.165, 1.54) is 13.2 Å². The van der Waals surface area contributed by atoms with Gasteiger partial charge in [0, 0.05) is 18.2 Å². The summed E-state index contributed by atoms with van der Waals surface area (Å²) in [5.74, 6) is 0.703. The zero-order valence-corrected chi connectivity index (χ0v) is 12.9. The Morgan fingerprint density at radius 1 is 1.22 bits per heavy atom. The van der Waals surface area contributed by atoms with Crippen LogP contribution in [0.5, 0.6) is 11.5 Å². The van der Waals surface area contributed by atoms with Gasteiger partial charge in [0.1, 0.15) is 18.1 Å². The molecular weight excluding hydrogens is 294 g/mol. The molecule has 0 aliphatic rings. The highest BCUT2D eigenvalue weighted by Crippen LogP contribution is 2.24. The number of benzene rings is 2. The minimum absolute atomic E-state index is 0.118. The van der Waals surface area contributed by atoms with Crippen LogP contribution < -0.4 is 10.1 Å². The van der Waals surface area contributed by atoms with E-state index in [1.54, 1.807) is 24.3 Å². The normalized spacial score (nSPS) is 10.5. The van der Waals surface area contributed by atoms with Crippen LogP contribution in [0.1, 0.15) is 11.1 Å². The third-order valence-electron chi connectivity index (χ3n) is 3.11. The largest absolute Gasteiger partial charge is 0.507 e. The van der Waals surface area contributed by atoms with Crippen molar-refractivity contribution in [2.75, 3.05) is 13.7 Å². The van der Waals surface area contributed by atoms with Gasteiger partial charge in [0.25, 0.3) is 0 Å². The lowest BCUT2D eigenvalue weighted by Gasteiger charge is -2.05. The maximum Gasteiger partial charge on any atom is 0.407 e. The molecule has 0 bridgehead atoms. The molecule has 5 nitrogen and oxygen atoms in total. The number of aromatic hydroxyl groups is 1. The lowest BCUT2D eigenvalue weighted by Crippen LogP contribution is -2.24. The molecule has 2 aromatic rings. The Hall–Kier alpha value is -2.95. The molecule has 0 unspecified atom stereocenters. The molecule has 0 saturated carbocycles. The van der Waals surface area contributed by atoms with E-state index in [0.29, 0.717) is 17.9 Å². The molecule has 1 amide bonds. The van der Waals surface area contributed by atoms with E-state index in [-0.39, 0.29) is 12.4 Å². The van der Waals surface area contributed by atoms with Crippen molar-refractivity contribution < 1.29 is 19.4 Å². The summed E-state index contributed by atoms with van der Waals surface area (Å²) in [4.78, 5) is 11.5. The Morgan fingerprint density at radius 2 is 2.00 bits per heavy atom. The molecule has 0 radical (unpaired) electrons. The number of nitrogens with one attached hydrogen (secondary N) is 1. The highest BCUT2D eigenvalue weighted by atomic mass is 16.5. The Balaban J connectivity index is 1.74. The average molecular weight is 313 g/mol. The zero-order chi connectivity index (χ0) is 16.5. The number of hydrogen-bond donors (Lipinski definition) is 2. The van der Waals surface area contributed by atoms with Gasteiger partial charge in [-0.05, 0) is 17.7 Å². The molecule has 5 heteroatoms. The first kappa shape index (κ1) is 16.4. The van der Waals surface area contributed by atoms with Crippen LogP contribution in [-0.4, -0.2) is 24.9 Å². The third-order valence-corrected chi connectivity index (χ3v) is 3.11. The van der Waals surface area contributed by atoms with Crippen molar-refractivity contribution >= 4 is 12.2 Å². The van der Waals surface area contributed by atoms with E-state index < -0.39 is 6.09 Å². The summed E-state index contributed by atoms with van der Waals surface area (Å²) in [5, 5.41) is 12.4. The minimum atomic E-state index is -0.488. The van der Waals surface area contributed by atoms with Gasteiger partial charge in [0.15, 0.2) is 0 Å². The van der Waals surface area contributed by atoms with Crippen LogP contribution in [0, 0.1) is 0 Å². The van der Waals surface area contributed by atoms with Crippen LogP contribution in [0.15, 0.2) is 54.6 Å². The maximum absolute atomic E-state index is 11.5. The van der Waals surface area contributed by atoms with Gasteiger partial charge >= 0.3 is 6.09 Å². The van der Waals surface area contributed by atoms with E-state index >= 15 is 0 Å². The standard InChI is InChI=1S/C18H19NO4/c1-22-16-10-9-15(17(20)12-16)8-5-11-19-18(21)23-13-14-6-3-2-4-7-14/h2-10,12,20H,11,13H2,1H3,(H,19,21). The SMILES string of the molecule is COc1ccc(C=CCNC(=O)OCc2ccccc2)c(O)c1. The van der Waals surface area contributed by atoms with E-state index in [2.05, 4.69) is 5.32 Å². The molecule has 2 aromatic carbocycles. The topological polar surface area (TPSA) is 67.8 Å². The van der Waals surface area contributed by atoms with Crippen molar-refractivity contribution in [3.63, 3.8) is 0 Å². The summed E-state index contributed by atoms with van der Waals surface area (Å²) in [6.07, 6.45) is 2.95. The zero-order valence-electron chi connectivity index (χ0n) is 12.9. The molecule has 0 atom stereocenters. The van der Waals surface area contributed by atoms with Gasteiger partial charge in [-0.3, -0.25) is 0 Å². The number of carbonyl (C=O) groups is 1. The second-order valence-corrected chi connectivity index (χ2v) is 4.77. The fourth-order valence-corrected chi connectivity index (χ4v) is 1.89. The Labute approximate surface area is 135 Å². The predicted molar refractivity (Wildman–Crippen MR) is 88.3 cm³/mol. The number of alkyl carbamates (subject to hydrolysis) is 1. The molecule has 0 aliphatic heterocycles. The quantitative estimate of drug-likeness (QED) is 0.858. The van der Waals surface area contributed by atoms with Crippen molar-refractivity contribution in [2.24, 2.45) is 0 Å². The molecular formula is C18H19NO4. The summed E-state index contributed by atoms with van der Waals surface area (Å²) in [6.45, 7) is 0.536. The first-order valence-electron chi connectivity index (χ1n) is 7.17. The summed E-state index contributed by atoms with van der Waals surface area (Å²) in [6, 6.07) is 14.5. The predicted octanol–water partition coefficient (Wildman–Crippen LogP) is 3.34. The fourth-order valence-electron chi connectivity index (χ4n) is 1.89. The summed E-state index contributed by atoms with van der Waals surface area (Å²) in [5.41, 5.74) is 1.58. The monoisotopic (exact) mass is 313 g/mol. The molecule has 120 valence electrons. The van der Waals surface area contributed by atoms with Gasteiger partial charge < -0.3 is 19.9 Å². The van der Waals surface area contributed by atoms with Crippen molar-refractivity contribution in [1.82, 2.24) is 5.32 Å². The van der Waals surface area contributed by atoms with Gasteiger partial charge in [0.05, 0.1) is 7.11 Å². The Morgan fingerprint density at radius 3 is 2.70 bits per heavy atom. The van der Waals surface area contributed by atoms with Gasteiger partial charge in [-0.2, -0.15) is 0 Å². The van der Waals surface area contributed by atoms with Gasteiger partial charge in [-0.25, -0.2) is 4.79 Å². The van der Waals surface area contributed by atoms with E-state index in [4.69, 9.17) is 9.47 Å². The number of hydrogen-bond acceptors (Lipinski definition) is 4. The van der Waals surface area contributed by atoms with Crippen LogP contribution in [0.25, 0.3) is 6.08 Å². The fraction of sp³-hybridized carbons (Fsp3) is 0.167. The molecule has 0 aliphatic carbocycles. The number of ether oxygens (including phenoxy) is 2. The number of carbonyl (C=O) groups excluding carboxylic acids is 1. The molecule has 0 fully saturated rings. The second-order valence-electron chi connectivity index (χ2n) is 4.77. The molecule has 23 heavy (non-hydrogen) atoms.